The van der Waals surface area contributed by atoms with E-state index in [1.165, 1.54) is 0 Å². The van der Waals surface area contributed by atoms with Crippen molar-refractivity contribution in [3.8, 4) is 11.6 Å². The summed E-state index contributed by atoms with van der Waals surface area (Å²) in [4.78, 5) is 8.46. The van der Waals surface area contributed by atoms with E-state index in [4.69, 9.17) is 10.6 Å². The van der Waals surface area contributed by atoms with Gasteiger partial charge in [0.1, 0.15) is 17.4 Å². The van der Waals surface area contributed by atoms with Gasteiger partial charge in [0.25, 0.3) is 0 Å². The highest BCUT2D eigenvalue weighted by Gasteiger charge is 2.12. The summed E-state index contributed by atoms with van der Waals surface area (Å²) in [7, 11) is 0. The van der Waals surface area contributed by atoms with Gasteiger partial charge < -0.3 is 10.2 Å². The average Bonchev–Trinajstić information content (AvgIpc) is 2.36. The second-order valence-electron chi connectivity index (χ2n) is 3.87. The third kappa shape index (κ3) is 3.23. The van der Waals surface area contributed by atoms with Gasteiger partial charge in [-0.1, -0.05) is 15.9 Å². The number of hydrogen-bond acceptors (Lipinski definition) is 5. The lowest BCUT2D eigenvalue weighted by Gasteiger charge is -2.12. The maximum atomic E-state index is 5.80. The summed E-state index contributed by atoms with van der Waals surface area (Å²) >= 11 is 6.84. The van der Waals surface area contributed by atoms with Crippen LogP contribution in [0.5, 0.6) is 11.6 Å². The van der Waals surface area contributed by atoms with Crippen LogP contribution in [0.15, 0.2) is 27.1 Å². The number of nitrogen functional groups attached to an aromatic ring is 1. The van der Waals surface area contributed by atoms with Crippen molar-refractivity contribution in [3.63, 3.8) is 0 Å². The van der Waals surface area contributed by atoms with E-state index in [1.54, 1.807) is 6.92 Å². The minimum absolute atomic E-state index is 0.475. The molecule has 0 aliphatic heterocycles. The number of nitrogens with one attached hydrogen (secondary N) is 1. The molecule has 5 nitrogen and oxygen atoms in total. The topological polar surface area (TPSA) is 73.1 Å². The Kier molecular flexibility index (Phi) is 4.38. The largest absolute Gasteiger partial charge is 0.437 e. The minimum Gasteiger partial charge on any atom is -0.437 e. The fraction of sp³-hybridized carbons (Fsp3) is 0.167. The Morgan fingerprint density at radius 1 is 1.21 bits per heavy atom. The molecule has 1 aromatic heterocycles. The molecule has 0 spiro atoms. The first-order chi connectivity index (χ1) is 9.01. The number of halogens is 2. The molecule has 0 radical (unpaired) electrons. The van der Waals surface area contributed by atoms with E-state index in [2.05, 4.69) is 47.3 Å². The lowest BCUT2D eigenvalue weighted by molar-refractivity contribution is 0.453. The van der Waals surface area contributed by atoms with E-state index in [-0.39, 0.29) is 0 Å². The molecule has 0 bridgehead atoms. The quantitative estimate of drug-likeness (QED) is 0.620. The van der Waals surface area contributed by atoms with Crippen LogP contribution >= 0.6 is 31.9 Å². The molecule has 19 heavy (non-hydrogen) atoms. The molecule has 0 saturated carbocycles. The summed E-state index contributed by atoms with van der Waals surface area (Å²) < 4.78 is 7.60. The summed E-state index contributed by atoms with van der Waals surface area (Å²) in [6.45, 7) is 3.63. The van der Waals surface area contributed by atoms with Crippen LogP contribution in [0.3, 0.4) is 0 Å². The van der Waals surface area contributed by atoms with E-state index < -0.39 is 0 Å². The van der Waals surface area contributed by atoms with Gasteiger partial charge in [0, 0.05) is 4.47 Å². The molecule has 0 saturated heterocycles. The lowest BCUT2D eigenvalue weighted by Crippen LogP contribution is -2.12. The van der Waals surface area contributed by atoms with Gasteiger partial charge in [0.15, 0.2) is 0 Å². The van der Waals surface area contributed by atoms with Crippen molar-refractivity contribution in [2.45, 2.75) is 13.8 Å². The first-order valence-corrected chi connectivity index (χ1v) is 7.04. The first kappa shape index (κ1) is 14.2. The van der Waals surface area contributed by atoms with E-state index in [1.807, 2.05) is 25.1 Å². The zero-order valence-electron chi connectivity index (χ0n) is 10.4. The Bertz CT molecular complexity index is 619. The van der Waals surface area contributed by atoms with Gasteiger partial charge in [-0.3, -0.25) is 0 Å². The highest BCUT2D eigenvalue weighted by atomic mass is 79.9. The monoisotopic (exact) mass is 386 g/mol. The molecule has 0 aliphatic carbocycles. The molecule has 1 aromatic carbocycles. The highest BCUT2D eigenvalue weighted by Crippen LogP contribution is 2.33. The number of benzene rings is 1. The van der Waals surface area contributed by atoms with Crippen molar-refractivity contribution >= 4 is 37.7 Å². The Balaban J connectivity index is 2.40. The van der Waals surface area contributed by atoms with Crippen molar-refractivity contribution in [3.05, 3.63) is 38.5 Å². The number of nitrogens with zero attached hydrogens (tertiary/aromatic N) is 2. The maximum absolute atomic E-state index is 5.80. The van der Waals surface area contributed by atoms with E-state index >= 15 is 0 Å². The van der Waals surface area contributed by atoms with Gasteiger partial charge in [-0.15, -0.1) is 0 Å². The van der Waals surface area contributed by atoms with E-state index in [0.29, 0.717) is 23.3 Å². The predicted octanol–water partition coefficient (Wildman–Crippen LogP) is 3.70. The average molecular weight is 388 g/mol. The standard InChI is InChI=1S/C12H12Br2N4O/c1-6-11(18-15)16-7(2)17-12(6)19-10-4-3-8(13)5-9(10)14/h3-5H,15H2,1-2H3,(H,16,17,18). The molecule has 2 aromatic rings. The number of aromatic nitrogens is 2. The summed E-state index contributed by atoms with van der Waals surface area (Å²) in [5.74, 6) is 7.71. The molecular weight excluding hydrogens is 376 g/mol. The number of hydrogen-bond donors (Lipinski definition) is 2. The molecule has 0 unspecified atom stereocenters. The summed E-state index contributed by atoms with van der Waals surface area (Å²) in [6, 6.07) is 5.65. The van der Waals surface area contributed by atoms with Gasteiger partial charge >= 0.3 is 0 Å². The van der Waals surface area contributed by atoms with Crippen LogP contribution < -0.4 is 16.0 Å². The predicted molar refractivity (Wildman–Crippen MR) is 81.2 cm³/mol. The van der Waals surface area contributed by atoms with Gasteiger partial charge in [-0.05, 0) is 48.0 Å². The van der Waals surface area contributed by atoms with Gasteiger partial charge in [-0.2, -0.15) is 4.98 Å². The van der Waals surface area contributed by atoms with Crippen LogP contribution in [0.1, 0.15) is 11.4 Å². The zero-order valence-corrected chi connectivity index (χ0v) is 13.5. The number of aryl methyl sites for hydroxylation is 1. The smallest absolute Gasteiger partial charge is 0.227 e. The van der Waals surface area contributed by atoms with Crippen LogP contribution in [-0.2, 0) is 0 Å². The molecule has 1 heterocycles. The van der Waals surface area contributed by atoms with Gasteiger partial charge in [0.2, 0.25) is 5.88 Å². The molecule has 2 rings (SSSR count). The van der Waals surface area contributed by atoms with Crippen molar-refractivity contribution in [2.75, 3.05) is 5.43 Å². The van der Waals surface area contributed by atoms with E-state index in [0.717, 1.165) is 14.5 Å². The SMILES string of the molecule is Cc1nc(NN)c(C)c(Oc2ccc(Br)cc2Br)n1. The maximum Gasteiger partial charge on any atom is 0.227 e. The summed E-state index contributed by atoms with van der Waals surface area (Å²) in [5, 5.41) is 0. The fourth-order valence-corrected chi connectivity index (χ4v) is 2.63. The third-order valence-electron chi connectivity index (χ3n) is 2.45. The normalized spacial score (nSPS) is 10.4. The summed E-state index contributed by atoms with van der Waals surface area (Å²) in [5.41, 5.74) is 3.29. The molecule has 0 atom stereocenters. The second kappa shape index (κ2) is 5.85. The number of nitrogens with two attached hydrogens (primary N) is 1. The zero-order chi connectivity index (χ0) is 14.0. The minimum atomic E-state index is 0.475. The van der Waals surface area contributed by atoms with Crippen molar-refractivity contribution in [2.24, 2.45) is 5.84 Å². The van der Waals surface area contributed by atoms with Crippen LogP contribution in [0.4, 0.5) is 5.82 Å². The van der Waals surface area contributed by atoms with Crippen LogP contribution in [-0.4, -0.2) is 9.97 Å². The van der Waals surface area contributed by atoms with E-state index in [9.17, 15) is 0 Å². The molecule has 100 valence electrons. The molecule has 3 N–H and O–H groups in total. The van der Waals surface area contributed by atoms with Crippen molar-refractivity contribution < 1.29 is 4.74 Å². The number of rotatable bonds is 3. The van der Waals surface area contributed by atoms with Crippen LogP contribution in [0.2, 0.25) is 0 Å². The number of hydrazine groups is 1. The Morgan fingerprint density at radius 3 is 2.58 bits per heavy atom. The third-order valence-corrected chi connectivity index (χ3v) is 3.56. The Morgan fingerprint density at radius 2 is 1.95 bits per heavy atom. The molecular formula is C12H12Br2N4O. The summed E-state index contributed by atoms with van der Waals surface area (Å²) in [6.07, 6.45) is 0. The van der Waals surface area contributed by atoms with Crippen LogP contribution in [0.25, 0.3) is 0 Å². The number of anilines is 1. The van der Waals surface area contributed by atoms with Gasteiger partial charge in [0.05, 0.1) is 10.0 Å². The lowest BCUT2D eigenvalue weighted by atomic mass is 10.3. The second-order valence-corrected chi connectivity index (χ2v) is 5.64. The fourth-order valence-electron chi connectivity index (χ4n) is 1.50. The molecule has 0 fully saturated rings. The molecule has 0 amide bonds. The van der Waals surface area contributed by atoms with Crippen LogP contribution in [0, 0.1) is 13.8 Å². The molecule has 7 heteroatoms. The first-order valence-electron chi connectivity index (χ1n) is 5.46. The Labute approximate surface area is 127 Å². The molecule has 0 aliphatic rings. The highest BCUT2D eigenvalue weighted by molar-refractivity contribution is 9.11. The Hall–Kier alpha value is -1.18. The van der Waals surface area contributed by atoms with Crippen molar-refractivity contribution in [1.82, 2.24) is 9.97 Å². The number of ether oxygens (including phenoxy) is 1. The van der Waals surface area contributed by atoms with Crippen molar-refractivity contribution in [1.29, 1.82) is 0 Å². The van der Waals surface area contributed by atoms with Gasteiger partial charge in [-0.25, -0.2) is 10.8 Å².